The predicted octanol–water partition coefficient (Wildman–Crippen LogP) is 2.79. The van der Waals surface area contributed by atoms with E-state index in [9.17, 15) is 13.2 Å². The van der Waals surface area contributed by atoms with Gasteiger partial charge >= 0.3 is 5.97 Å². The molecular weight excluding hydrogens is 354 g/mol. The summed E-state index contributed by atoms with van der Waals surface area (Å²) in [6, 6.07) is 11.5. The van der Waals surface area contributed by atoms with Gasteiger partial charge in [0.25, 0.3) is 0 Å². The molecular formula is C19H23NO5S. The molecule has 2 rings (SSSR count). The smallest absolute Gasteiger partial charge is 0.338 e. The molecule has 0 aromatic heterocycles. The molecule has 0 spiro atoms. The fourth-order valence-electron chi connectivity index (χ4n) is 2.37. The maximum absolute atomic E-state index is 12.0. The molecule has 0 bridgehead atoms. The number of carbonyl (C=O) groups excluding carboxylic acids is 1. The molecule has 0 atom stereocenters. The van der Waals surface area contributed by atoms with Crippen molar-refractivity contribution in [3.63, 3.8) is 0 Å². The third kappa shape index (κ3) is 5.06. The molecule has 0 saturated carbocycles. The highest BCUT2D eigenvalue weighted by atomic mass is 32.2. The van der Waals surface area contributed by atoms with Crippen molar-refractivity contribution in [2.75, 3.05) is 27.3 Å². The largest absolute Gasteiger partial charge is 0.490 e. The van der Waals surface area contributed by atoms with Crippen LogP contribution in [0.3, 0.4) is 0 Å². The Balaban J connectivity index is 1.88. The number of esters is 1. The van der Waals surface area contributed by atoms with Crippen molar-refractivity contribution in [2.45, 2.75) is 18.7 Å². The average Bonchev–Trinajstić information content (AvgIpc) is 2.57. The van der Waals surface area contributed by atoms with Crippen LogP contribution in [0.1, 0.15) is 21.5 Å². The lowest BCUT2D eigenvalue weighted by molar-refractivity contribution is 0.0450. The Bertz CT molecular complexity index is 853. The van der Waals surface area contributed by atoms with Crippen LogP contribution >= 0.6 is 0 Å². The van der Waals surface area contributed by atoms with E-state index in [0.29, 0.717) is 0 Å². The fourth-order valence-corrected chi connectivity index (χ4v) is 3.27. The highest BCUT2D eigenvalue weighted by molar-refractivity contribution is 7.89. The standard InChI is InChI=1S/C19H23NO5S/c1-14-11-15(2)13-17(12-14)24-9-10-25-19(21)16-5-7-18(8-6-16)26(22,23)20(3)4/h5-8,11-13H,9-10H2,1-4H3. The number of rotatable bonds is 7. The van der Waals surface area contributed by atoms with Crippen molar-refractivity contribution in [1.29, 1.82) is 0 Å². The zero-order valence-electron chi connectivity index (χ0n) is 15.4. The zero-order valence-corrected chi connectivity index (χ0v) is 16.2. The van der Waals surface area contributed by atoms with Gasteiger partial charge in [-0.15, -0.1) is 0 Å². The quantitative estimate of drug-likeness (QED) is 0.548. The number of nitrogens with zero attached hydrogens (tertiary/aromatic N) is 1. The van der Waals surface area contributed by atoms with Crippen molar-refractivity contribution in [3.05, 3.63) is 59.2 Å². The lowest BCUT2D eigenvalue weighted by Gasteiger charge is -2.12. The minimum Gasteiger partial charge on any atom is -0.490 e. The lowest BCUT2D eigenvalue weighted by atomic mass is 10.1. The average molecular weight is 377 g/mol. The minimum atomic E-state index is -3.52. The van der Waals surface area contributed by atoms with Crippen molar-refractivity contribution < 1.29 is 22.7 Å². The zero-order chi connectivity index (χ0) is 19.3. The summed E-state index contributed by atoms with van der Waals surface area (Å²) in [5.74, 6) is 0.208. The van der Waals surface area contributed by atoms with E-state index in [-0.39, 0.29) is 23.7 Å². The van der Waals surface area contributed by atoms with Gasteiger partial charge in [-0.05, 0) is 61.4 Å². The molecule has 0 fully saturated rings. The third-order valence-electron chi connectivity index (χ3n) is 3.65. The van der Waals surface area contributed by atoms with Gasteiger partial charge in [0.1, 0.15) is 19.0 Å². The van der Waals surface area contributed by atoms with Gasteiger partial charge in [-0.25, -0.2) is 17.5 Å². The van der Waals surface area contributed by atoms with Crippen LogP contribution in [0.2, 0.25) is 0 Å². The van der Waals surface area contributed by atoms with E-state index >= 15 is 0 Å². The molecule has 2 aromatic rings. The van der Waals surface area contributed by atoms with E-state index < -0.39 is 16.0 Å². The van der Waals surface area contributed by atoms with Gasteiger partial charge in [-0.2, -0.15) is 0 Å². The summed E-state index contributed by atoms with van der Waals surface area (Å²) >= 11 is 0. The number of hydrogen-bond donors (Lipinski definition) is 0. The number of hydrogen-bond acceptors (Lipinski definition) is 5. The van der Waals surface area contributed by atoms with Gasteiger partial charge in [0.15, 0.2) is 0 Å². The number of sulfonamides is 1. The predicted molar refractivity (Wildman–Crippen MR) is 99.0 cm³/mol. The first-order valence-electron chi connectivity index (χ1n) is 8.11. The first-order valence-corrected chi connectivity index (χ1v) is 9.55. The molecule has 0 heterocycles. The van der Waals surface area contributed by atoms with Crippen LogP contribution in [0, 0.1) is 13.8 Å². The SMILES string of the molecule is Cc1cc(C)cc(OCCOC(=O)c2ccc(S(=O)(=O)N(C)C)cc2)c1. The molecule has 2 aromatic carbocycles. The Kier molecular flexibility index (Phi) is 6.39. The molecule has 0 aliphatic heterocycles. The Morgan fingerprint density at radius 2 is 1.54 bits per heavy atom. The van der Waals surface area contributed by atoms with E-state index in [1.54, 1.807) is 0 Å². The van der Waals surface area contributed by atoms with Crippen LogP contribution in [0.15, 0.2) is 47.4 Å². The Morgan fingerprint density at radius 1 is 0.962 bits per heavy atom. The van der Waals surface area contributed by atoms with Crippen molar-refractivity contribution in [1.82, 2.24) is 4.31 Å². The van der Waals surface area contributed by atoms with Crippen LogP contribution < -0.4 is 4.74 Å². The highest BCUT2D eigenvalue weighted by Crippen LogP contribution is 2.16. The van der Waals surface area contributed by atoms with Crippen molar-refractivity contribution in [2.24, 2.45) is 0 Å². The second-order valence-corrected chi connectivity index (χ2v) is 8.27. The second-order valence-electron chi connectivity index (χ2n) is 6.12. The van der Waals surface area contributed by atoms with E-state index in [2.05, 4.69) is 0 Å². The topological polar surface area (TPSA) is 72.9 Å². The molecule has 26 heavy (non-hydrogen) atoms. The van der Waals surface area contributed by atoms with Gasteiger partial charge in [-0.1, -0.05) is 6.07 Å². The minimum absolute atomic E-state index is 0.101. The summed E-state index contributed by atoms with van der Waals surface area (Å²) in [5.41, 5.74) is 2.49. The molecule has 140 valence electrons. The summed E-state index contributed by atoms with van der Waals surface area (Å²) in [6.07, 6.45) is 0. The Labute approximate surface area is 154 Å². The van der Waals surface area contributed by atoms with Crippen molar-refractivity contribution >= 4 is 16.0 Å². The molecule has 0 N–H and O–H groups in total. The normalized spacial score (nSPS) is 11.4. The molecule has 0 amide bonds. The molecule has 0 aliphatic carbocycles. The summed E-state index contributed by atoms with van der Waals surface area (Å²) in [4.78, 5) is 12.1. The van der Waals surface area contributed by atoms with E-state index in [0.717, 1.165) is 21.2 Å². The molecule has 6 nitrogen and oxygen atoms in total. The molecule has 0 radical (unpaired) electrons. The third-order valence-corrected chi connectivity index (χ3v) is 5.48. The fraction of sp³-hybridized carbons (Fsp3) is 0.316. The van der Waals surface area contributed by atoms with Crippen LogP contribution in [0.25, 0.3) is 0 Å². The summed E-state index contributed by atoms with van der Waals surface area (Å²) in [6.45, 7) is 4.31. The van der Waals surface area contributed by atoms with E-state index in [1.807, 2.05) is 32.0 Å². The van der Waals surface area contributed by atoms with Gasteiger partial charge in [0, 0.05) is 14.1 Å². The monoisotopic (exact) mass is 377 g/mol. The van der Waals surface area contributed by atoms with Gasteiger partial charge in [0.2, 0.25) is 10.0 Å². The maximum Gasteiger partial charge on any atom is 0.338 e. The van der Waals surface area contributed by atoms with Crippen LogP contribution in [0.5, 0.6) is 5.75 Å². The van der Waals surface area contributed by atoms with E-state index in [1.165, 1.54) is 38.4 Å². The molecule has 0 aliphatic rings. The molecule has 7 heteroatoms. The molecule has 0 saturated heterocycles. The Morgan fingerprint density at radius 3 is 2.08 bits per heavy atom. The van der Waals surface area contributed by atoms with Crippen LogP contribution in [-0.2, 0) is 14.8 Å². The van der Waals surface area contributed by atoms with Crippen LogP contribution in [0.4, 0.5) is 0 Å². The number of aryl methyl sites for hydroxylation is 2. The summed E-state index contributed by atoms with van der Waals surface area (Å²) < 4.78 is 35.9. The highest BCUT2D eigenvalue weighted by Gasteiger charge is 2.17. The van der Waals surface area contributed by atoms with Gasteiger partial charge in [0.05, 0.1) is 10.5 Å². The first kappa shape index (κ1) is 19.9. The summed E-state index contributed by atoms with van der Waals surface area (Å²) in [5, 5.41) is 0. The van der Waals surface area contributed by atoms with Gasteiger partial charge < -0.3 is 9.47 Å². The second kappa shape index (κ2) is 8.33. The maximum atomic E-state index is 12.0. The Hall–Kier alpha value is -2.38. The lowest BCUT2D eigenvalue weighted by Crippen LogP contribution is -2.22. The number of carbonyl (C=O) groups is 1. The first-order chi connectivity index (χ1) is 12.2. The number of ether oxygens (including phenoxy) is 2. The molecule has 0 unspecified atom stereocenters. The van der Waals surface area contributed by atoms with E-state index in [4.69, 9.17) is 9.47 Å². The summed E-state index contributed by atoms with van der Waals surface area (Å²) in [7, 11) is -0.614. The van der Waals surface area contributed by atoms with Crippen molar-refractivity contribution in [3.8, 4) is 5.75 Å². The van der Waals surface area contributed by atoms with Crippen LogP contribution in [-0.4, -0.2) is 46.0 Å². The van der Waals surface area contributed by atoms with Gasteiger partial charge in [-0.3, -0.25) is 0 Å². The number of benzene rings is 2.